The van der Waals surface area contributed by atoms with Crippen LogP contribution in [0.3, 0.4) is 0 Å². The van der Waals surface area contributed by atoms with Crippen LogP contribution in [-0.2, 0) is 0 Å². The lowest BCUT2D eigenvalue weighted by atomic mass is 10.5. The van der Waals surface area contributed by atoms with Crippen molar-refractivity contribution < 1.29 is 0 Å². The molecule has 0 unspecified atom stereocenters. The largest absolute Gasteiger partial charge is 0.317 e. The Morgan fingerprint density at radius 3 is 3.08 bits per heavy atom. The summed E-state index contributed by atoms with van der Waals surface area (Å²) in [6, 6.07) is 6.03. The highest BCUT2D eigenvalue weighted by Crippen LogP contribution is 2.14. The fraction of sp³-hybridized carbons (Fsp3) is 0.500. The fourth-order valence-electron chi connectivity index (χ4n) is 0.983. The van der Waals surface area contributed by atoms with Crippen LogP contribution in [0.2, 0.25) is 0 Å². The van der Waals surface area contributed by atoms with Crippen molar-refractivity contribution in [2.45, 2.75) is 18.4 Å². The Bertz CT molecular complexity index is 213. The van der Waals surface area contributed by atoms with Crippen LogP contribution in [0.15, 0.2) is 29.4 Å². The number of aromatic nitrogens is 1. The Labute approximate surface area is 84.1 Å². The van der Waals surface area contributed by atoms with E-state index in [1.54, 1.807) is 0 Å². The molecule has 1 aromatic rings. The second-order valence-corrected chi connectivity index (χ2v) is 3.84. The van der Waals surface area contributed by atoms with Gasteiger partial charge < -0.3 is 5.32 Å². The van der Waals surface area contributed by atoms with Crippen molar-refractivity contribution in [3.63, 3.8) is 0 Å². The third-order valence-corrected chi connectivity index (χ3v) is 2.67. The maximum Gasteiger partial charge on any atom is 0.0959 e. The molecule has 0 saturated carbocycles. The summed E-state index contributed by atoms with van der Waals surface area (Å²) in [5.41, 5.74) is 0. The highest BCUT2D eigenvalue weighted by Gasteiger charge is 1.92. The predicted octanol–water partition coefficient (Wildman–Crippen LogP) is 2.17. The molecule has 13 heavy (non-hydrogen) atoms. The highest BCUT2D eigenvalue weighted by atomic mass is 32.2. The molecule has 2 nitrogen and oxygen atoms in total. The van der Waals surface area contributed by atoms with Gasteiger partial charge in [0.05, 0.1) is 5.03 Å². The molecular formula is C10H16N2S. The molecule has 0 aliphatic heterocycles. The molecule has 1 aromatic heterocycles. The van der Waals surface area contributed by atoms with Crippen molar-refractivity contribution in [2.75, 3.05) is 18.8 Å². The van der Waals surface area contributed by atoms with Crippen molar-refractivity contribution in [1.29, 1.82) is 0 Å². The van der Waals surface area contributed by atoms with Crippen LogP contribution >= 0.6 is 11.8 Å². The molecule has 0 spiro atoms. The van der Waals surface area contributed by atoms with Gasteiger partial charge in [0, 0.05) is 11.9 Å². The summed E-state index contributed by atoms with van der Waals surface area (Å²) in [7, 11) is 0. The van der Waals surface area contributed by atoms with E-state index in [0.717, 1.165) is 23.9 Å². The number of thioether (sulfide) groups is 1. The van der Waals surface area contributed by atoms with Crippen LogP contribution in [0.5, 0.6) is 0 Å². The van der Waals surface area contributed by atoms with Crippen LogP contribution < -0.4 is 5.32 Å². The van der Waals surface area contributed by atoms with Crippen molar-refractivity contribution in [1.82, 2.24) is 10.3 Å². The minimum Gasteiger partial charge on any atom is -0.317 e. The molecular weight excluding hydrogens is 180 g/mol. The molecule has 72 valence electrons. The average molecular weight is 196 g/mol. The molecule has 1 N–H and O–H groups in total. The first-order chi connectivity index (χ1) is 6.43. The zero-order chi connectivity index (χ0) is 9.36. The third kappa shape index (κ3) is 4.90. The first-order valence-electron chi connectivity index (χ1n) is 4.68. The molecule has 0 bridgehead atoms. The van der Waals surface area contributed by atoms with Crippen LogP contribution in [0.4, 0.5) is 0 Å². The van der Waals surface area contributed by atoms with Gasteiger partial charge in [-0.1, -0.05) is 13.0 Å². The Kier molecular flexibility index (Phi) is 5.61. The average Bonchev–Trinajstić information content (AvgIpc) is 2.19. The minimum absolute atomic E-state index is 1.06. The SMILES string of the molecule is CCNCCCSc1ccccn1. The van der Waals surface area contributed by atoms with Crippen molar-refractivity contribution >= 4 is 11.8 Å². The van der Waals surface area contributed by atoms with Crippen LogP contribution in [-0.4, -0.2) is 23.8 Å². The molecule has 3 heteroatoms. The summed E-state index contributed by atoms with van der Waals surface area (Å²) in [6.45, 7) is 4.30. The first kappa shape index (κ1) is 10.5. The first-order valence-corrected chi connectivity index (χ1v) is 5.66. The normalized spacial score (nSPS) is 10.2. The lowest BCUT2D eigenvalue weighted by Gasteiger charge is -2.00. The van der Waals surface area contributed by atoms with Crippen molar-refractivity contribution in [3.05, 3.63) is 24.4 Å². The van der Waals surface area contributed by atoms with Gasteiger partial charge in [-0.3, -0.25) is 0 Å². The summed E-state index contributed by atoms with van der Waals surface area (Å²) in [6.07, 6.45) is 3.04. The van der Waals surface area contributed by atoms with Gasteiger partial charge in [-0.25, -0.2) is 4.98 Å². The molecule has 0 aliphatic carbocycles. The molecule has 0 amide bonds. The maximum atomic E-state index is 4.24. The Morgan fingerprint density at radius 2 is 2.38 bits per heavy atom. The smallest absolute Gasteiger partial charge is 0.0959 e. The second-order valence-electron chi connectivity index (χ2n) is 2.72. The molecule has 0 radical (unpaired) electrons. The number of pyridine rings is 1. The van der Waals surface area contributed by atoms with E-state index in [2.05, 4.69) is 23.3 Å². The molecule has 1 heterocycles. The lowest BCUT2D eigenvalue weighted by Crippen LogP contribution is -2.14. The van der Waals surface area contributed by atoms with Crippen molar-refractivity contribution in [2.24, 2.45) is 0 Å². The molecule has 1 rings (SSSR count). The Morgan fingerprint density at radius 1 is 1.46 bits per heavy atom. The van der Waals surface area contributed by atoms with Gasteiger partial charge in [0.15, 0.2) is 0 Å². The predicted molar refractivity (Wildman–Crippen MR) is 58.1 cm³/mol. The number of hydrogen-bond acceptors (Lipinski definition) is 3. The molecule has 0 aromatic carbocycles. The van der Waals surface area contributed by atoms with Crippen LogP contribution in [0, 0.1) is 0 Å². The third-order valence-electron chi connectivity index (χ3n) is 1.64. The van der Waals surface area contributed by atoms with Gasteiger partial charge >= 0.3 is 0 Å². The Hall–Kier alpha value is -0.540. The minimum atomic E-state index is 1.06. The lowest BCUT2D eigenvalue weighted by molar-refractivity contribution is 0.707. The van der Waals surface area contributed by atoms with Crippen molar-refractivity contribution in [3.8, 4) is 0 Å². The zero-order valence-corrected chi connectivity index (χ0v) is 8.81. The van der Waals surface area contributed by atoms with E-state index in [1.807, 2.05) is 30.1 Å². The van der Waals surface area contributed by atoms with Gasteiger partial charge in [0.1, 0.15) is 0 Å². The number of hydrogen-bond donors (Lipinski definition) is 1. The standard InChI is InChI=1S/C10H16N2S/c1-2-11-7-5-9-13-10-6-3-4-8-12-10/h3-4,6,8,11H,2,5,7,9H2,1H3. The van der Waals surface area contributed by atoms with E-state index in [0.29, 0.717) is 0 Å². The van der Waals surface area contributed by atoms with Gasteiger partial charge in [-0.2, -0.15) is 0 Å². The summed E-state index contributed by atoms with van der Waals surface area (Å²) >= 11 is 1.82. The monoisotopic (exact) mass is 196 g/mol. The maximum absolute atomic E-state index is 4.24. The zero-order valence-electron chi connectivity index (χ0n) is 7.99. The van der Waals surface area contributed by atoms with E-state index in [4.69, 9.17) is 0 Å². The highest BCUT2D eigenvalue weighted by molar-refractivity contribution is 7.99. The van der Waals surface area contributed by atoms with Gasteiger partial charge in [-0.05, 0) is 31.6 Å². The summed E-state index contributed by atoms with van der Waals surface area (Å²) < 4.78 is 0. The topological polar surface area (TPSA) is 24.9 Å². The summed E-state index contributed by atoms with van der Waals surface area (Å²) in [4.78, 5) is 4.24. The van der Waals surface area contributed by atoms with E-state index >= 15 is 0 Å². The van der Waals surface area contributed by atoms with Gasteiger partial charge in [0.2, 0.25) is 0 Å². The molecule has 0 aliphatic rings. The van der Waals surface area contributed by atoms with Gasteiger partial charge in [0.25, 0.3) is 0 Å². The summed E-state index contributed by atoms with van der Waals surface area (Å²) in [5.74, 6) is 1.14. The van der Waals surface area contributed by atoms with Crippen LogP contribution in [0.25, 0.3) is 0 Å². The quantitative estimate of drug-likeness (QED) is 0.557. The van der Waals surface area contributed by atoms with Crippen LogP contribution in [0.1, 0.15) is 13.3 Å². The fourth-order valence-corrected chi connectivity index (χ4v) is 1.79. The van der Waals surface area contributed by atoms with E-state index in [9.17, 15) is 0 Å². The molecule has 0 atom stereocenters. The summed E-state index contributed by atoms with van der Waals surface area (Å²) in [5, 5.41) is 4.42. The molecule has 0 fully saturated rings. The number of nitrogens with zero attached hydrogens (tertiary/aromatic N) is 1. The molecule has 0 saturated heterocycles. The van der Waals surface area contributed by atoms with E-state index in [-0.39, 0.29) is 0 Å². The second kappa shape index (κ2) is 6.92. The van der Waals surface area contributed by atoms with Gasteiger partial charge in [-0.15, -0.1) is 11.8 Å². The van der Waals surface area contributed by atoms with E-state index in [1.165, 1.54) is 6.42 Å². The number of rotatable bonds is 6. The van der Waals surface area contributed by atoms with E-state index < -0.39 is 0 Å². The Balaban J connectivity index is 2.07. The number of nitrogens with one attached hydrogen (secondary N) is 1.